The number of rotatable bonds is 8. The number of hydrogen-bond donors (Lipinski definition) is 0. The van der Waals surface area contributed by atoms with E-state index in [0.29, 0.717) is 5.67 Å². The van der Waals surface area contributed by atoms with Gasteiger partial charge in [-0.15, -0.1) is 35.3 Å². The highest BCUT2D eigenvalue weighted by Crippen LogP contribution is 2.29. The van der Waals surface area contributed by atoms with Crippen molar-refractivity contribution in [1.29, 1.82) is 0 Å². The molecule has 0 bridgehead atoms. The van der Waals surface area contributed by atoms with E-state index in [1.807, 2.05) is 0 Å². The highest BCUT2D eigenvalue weighted by molar-refractivity contribution is 7.34. The average molecular weight is 341 g/mol. The quantitative estimate of drug-likeness (QED) is 0.463. The summed E-state index contributed by atoms with van der Waals surface area (Å²) in [5, 5.41) is 0. The Balaban J connectivity index is 5.57. The van der Waals surface area contributed by atoms with E-state index >= 15 is 0 Å². The predicted octanol–water partition coefficient (Wildman–Crippen LogP) is 4.56. The summed E-state index contributed by atoms with van der Waals surface area (Å²) in [6.07, 6.45) is 2.20. The third-order valence-electron chi connectivity index (χ3n) is 3.45. The summed E-state index contributed by atoms with van der Waals surface area (Å²) < 4.78 is 2.65. The molecule has 0 fully saturated rings. The standard InChI is InChI=1S/C12H27Cl2NSi3/c1-8-11-12(16(13)14)15(17(4,5)9-2)18(6,7)10-3/h9-10,12,16H,2-3,8,11H2,1,4-7H3. The first-order chi connectivity index (χ1) is 8.14. The number of halogens is 2. The van der Waals surface area contributed by atoms with Crippen LogP contribution in [-0.2, 0) is 0 Å². The van der Waals surface area contributed by atoms with Gasteiger partial charge >= 0.3 is 0 Å². The molecule has 0 rings (SSSR count). The van der Waals surface area contributed by atoms with Crippen LogP contribution in [0.15, 0.2) is 24.6 Å². The van der Waals surface area contributed by atoms with Crippen molar-refractivity contribution in [2.45, 2.75) is 51.6 Å². The van der Waals surface area contributed by atoms with Gasteiger partial charge in [-0.2, -0.15) is 0 Å². The van der Waals surface area contributed by atoms with Gasteiger partial charge in [-0.3, -0.25) is 0 Å². The molecular formula is C12H27Cl2NSi3. The Morgan fingerprint density at radius 2 is 1.50 bits per heavy atom. The van der Waals surface area contributed by atoms with Crippen LogP contribution in [0.4, 0.5) is 0 Å². The molecule has 0 aliphatic heterocycles. The van der Waals surface area contributed by atoms with Gasteiger partial charge in [0.05, 0.1) is 0 Å². The predicted molar refractivity (Wildman–Crippen MR) is 94.7 cm³/mol. The van der Waals surface area contributed by atoms with Crippen molar-refractivity contribution < 1.29 is 0 Å². The van der Waals surface area contributed by atoms with Crippen molar-refractivity contribution in [2.24, 2.45) is 0 Å². The summed E-state index contributed by atoms with van der Waals surface area (Å²) in [6, 6.07) is 0. The van der Waals surface area contributed by atoms with E-state index in [9.17, 15) is 0 Å². The second-order valence-electron chi connectivity index (χ2n) is 5.78. The van der Waals surface area contributed by atoms with E-state index in [1.165, 1.54) is 0 Å². The molecule has 0 spiro atoms. The van der Waals surface area contributed by atoms with Crippen LogP contribution in [0.25, 0.3) is 0 Å². The molecule has 0 aromatic heterocycles. The van der Waals surface area contributed by atoms with Crippen LogP contribution < -0.4 is 0 Å². The smallest absolute Gasteiger partial charge is 0.252 e. The minimum absolute atomic E-state index is 0.345. The lowest BCUT2D eigenvalue weighted by atomic mass is 10.3. The fraction of sp³-hybridized carbons (Fsp3) is 0.667. The van der Waals surface area contributed by atoms with Crippen molar-refractivity contribution in [3.63, 3.8) is 0 Å². The van der Waals surface area contributed by atoms with E-state index in [0.717, 1.165) is 12.8 Å². The zero-order valence-electron chi connectivity index (χ0n) is 12.3. The van der Waals surface area contributed by atoms with Crippen molar-refractivity contribution in [3.8, 4) is 0 Å². The van der Waals surface area contributed by atoms with Crippen LogP contribution >= 0.6 is 22.2 Å². The fourth-order valence-corrected chi connectivity index (χ4v) is 17.9. The normalized spacial score (nSPS) is 14.9. The lowest BCUT2D eigenvalue weighted by Gasteiger charge is -2.49. The molecule has 0 radical (unpaired) electrons. The van der Waals surface area contributed by atoms with Crippen LogP contribution in [0.2, 0.25) is 26.2 Å². The van der Waals surface area contributed by atoms with Gasteiger partial charge in [0.25, 0.3) is 7.42 Å². The number of hydrogen-bond acceptors (Lipinski definition) is 1. The van der Waals surface area contributed by atoms with Gasteiger partial charge in [0.2, 0.25) is 0 Å². The maximum absolute atomic E-state index is 6.38. The summed E-state index contributed by atoms with van der Waals surface area (Å²) in [6.45, 7) is 19.6. The maximum atomic E-state index is 6.38. The monoisotopic (exact) mass is 339 g/mol. The largest absolute Gasteiger partial charge is 0.337 e. The minimum Gasteiger partial charge on any atom is -0.337 e. The Bertz CT molecular complexity index is 273. The highest BCUT2D eigenvalue weighted by Gasteiger charge is 2.43. The maximum Gasteiger partial charge on any atom is 0.252 e. The van der Waals surface area contributed by atoms with Crippen molar-refractivity contribution in [2.75, 3.05) is 0 Å². The van der Waals surface area contributed by atoms with Crippen molar-refractivity contribution in [1.82, 2.24) is 4.23 Å². The summed E-state index contributed by atoms with van der Waals surface area (Å²) in [5.74, 6) is 0. The van der Waals surface area contributed by atoms with Gasteiger partial charge in [0, 0.05) is 5.67 Å². The molecule has 0 aromatic rings. The zero-order chi connectivity index (χ0) is 14.6. The van der Waals surface area contributed by atoms with E-state index in [4.69, 9.17) is 22.2 Å². The van der Waals surface area contributed by atoms with Crippen LogP contribution in [-0.4, -0.2) is 33.8 Å². The van der Waals surface area contributed by atoms with Gasteiger partial charge in [-0.05, 0) is 6.42 Å². The first kappa shape index (κ1) is 18.7. The summed E-state index contributed by atoms with van der Waals surface area (Å²) in [5.41, 5.74) is 4.62. The highest BCUT2D eigenvalue weighted by atomic mass is 35.7. The molecular weight excluding hydrogens is 313 g/mol. The van der Waals surface area contributed by atoms with Gasteiger partial charge in [-0.25, -0.2) is 0 Å². The Morgan fingerprint density at radius 3 is 1.72 bits per heavy atom. The van der Waals surface area contributed by atoms with Crippen LogP contribution in [0.5, 0.6) is 0 Å². The van der Waals surface area contributed by atoms with Gasteiger partial charge in [0.15, 0.2) is 0 Å². The first-order valence-electron chi connectivity index (χ1n) is 6.48. The van der Waals surface area contributed by atoms with Crippen LogP contribution in [0, 0.1) is 0 Å². The Hall–Kier alpha value is 0.671. The molecule has 0 aliphatic rings. The topological polar surface area (TPSA) is 3.24 Å². The number of nitrogens with zero attached hydrogens (tertiary/aromatic N) is 1. The van der Waals surface area contributed by atoms with Crippen molar-refractivity contribution >= 4 is 46.0 Å². The molecule has 0 heterocycles. The third-order valence-corrected chi connectivity index (χ3v) is 15.6. The second-order valence-corrected chi connectivity index (χ2v) is 19.5. The molecule has 1 nitrogen and oxygen atoms in total. The van der Waals surface area contributed by atoms with Gasteiger partial charge in [0.1, 0.15) is 16.5 Å². The molecule has 1 unspecified atom stereocenters. The minimum atomic E-state index is -1.74. The summed E-state index contributed by atoms with van der Waals surface area (Å²) >= 11 is 12.8. The lowest BCUT2D eigenvalue weighted by molar-refractivity contribution is 0.524. The molecule has 0 aromatic carbocycles. The Labute approximate surface area is 126 Å². The zero-order valence-corrected chi connectivity index (χ0v) is 17.0. The molecule has 0 saturated heterocycles. The summed E-state index contributed by atoms with van der Waals surface area (Å²) in [7, 11) is -5.09. The third kappa shape index (κ3) is 4.65. The van der Waals surface area contributed by atoms with Crippen LogP contribution in [0.3, 0.4) is 0 Å². The van der Waals surface area contributed by atoms with Gasteiger partial charge < -0.3 is 4.23 Å². The molecule has 0 saturated carbocycles. The van der Waals surface area contributed by atoms with Crippen LogP contribution in [0.1, 0.15) is 19.8 Å². The molecule has 0 N–H and O–H groups in total. The summed E-state index contributed by atoms with van der Waals surface area (Å²) in [4.78, 5) is 0. The van der Waals surface area contributed by atoms with Crippen molar-refractivity contribution in [3.05, 3.63) is 24.6 Å². The van der Waals surface area contributed by atoms with E-state index in [-0.39, 0.29) is 0 Å². The molecule has 6 heteroatoms. The van der Waals surface area contributed by atoms with E-state index in [1.54, 1.807) is 0 Å². The van der Waals surface area contributed by atoms with E-state index < -0.39 is 23.9 Å². The Morgan fingerprint density at radius 1 is 1.11 bits per heavy atom. The second kappa shape index (κ2) is 7.45. The Kier molecular flexibility index (Phi) is 7.73. The fourth-order valence-electron chi connectivity index (χ4n) is 2.46. The lowest BCUT2D eigenvalue weighted by Crippen LogP contribution is -2.66. The van der Waals surface area contributed by atoms with Gasteiger partial charge in [-0.1, -0.05) is 50.9 Å². The molecule has 106 valence electrons. The SMILES string of the molecule is C=C[Si](C)(C)N(C(CCC)[SiH](Cl)Cl)[Si](C)(C)C=C. The first-order valence-corrected chi connectivity index (χ1v) is 16.7. The average Bonchev–Trinajstić information content (AvgIpc) is 2.27. The van der Waals surface area contributed by atoms with E-state index in [2.05, 4.69) is 61.9 Å². The molecule has 18 heavy (non-hydrogen) atoms. The molecule has 0 aliphatic carbocycles. The molecule has 1 atom stereocenters. The molecule has 0 amide bonds.